The number of anilines is 1. The Balaban J connectivity index is 2.01. The van der Waals surface area contributed by atoms with Gasteiger partial charge in [-0.05, 0) is 44.4 Å². The lowest BCUT2D eigenvalue weighted by Gasteiger charge is -2.47. The predicted molar refractivity (Wildman–Crippen MR) is 124 cm³/mol. The average molecular weight is 466 g/mol. The monoisotopic (exact) mass is 465 g/mol. The van der Waals surface area contributed by atoms with Crippen LogP contribution in [0.4, 0.5) is 5.69 Å². The number of nitrogens with one attached hydrogen (secondary N) is 1. The third kappa shape index (κ3) is 5.26. The van der Waals surface area contributed by atoms with E-state index in [0.717, 1.165) is 54.6 Å². The van der Waals surface area contributed by atoms with E-state index in [-0.39, 0.29) is 25.0 Å². The quantitative estimate of drug-likeness (QED) is 0.721. The molecule has 0 aromatic heterocycles. The second-order valence-electron chi connectivity index (χ2n) is 9.22. The van der Waals surface area contributed by atoms with Gasteiger partial charge in [0.2, 0.25) is 21.8 Å². The van der Waals surface area contributed by atoms with Gasteiger partial charge in [0.1, 0.15) is 11.3 Å². The van der Waals surface area contributed by atoms with E-state index in [1.54, 1.807) is 19.1 Å². The van der Waals surface area contributed by atoms with Crippen molar-refractivity contribution in [3.63, 3.8) is 0 Å². The molecule has 1 atom stereocenters. The van der Waals surface area contributed by atoms with Crippen molar-refractivity contribution in [1.29, 1.82) is 0 Å². The summed E-state index contributed by atoms with van der Waals surface area (Å²) in [5, 5.41) is 3.15. The maximum atomic E-state index is 13.7. The summed E-state index contributed by atoms with van der Waals surface area (Å²) in [5.74, 6) is -0.337. The van der Waals surface area contributed by atoms with Gasteiger partial charge in [-0.25, -0.2) is 8.42 Å². The van der Waals surface area contributed by atoms with Crippen LogP contribution in [0.1, 0.15) is 57.4 Å². The Morgan fingerprint density at radius 1 is 1.16 bits per heavy atom. The molecule has 2 amide bonds. The average Bonchev–Trinajstić information content (AvgIpc) is 2.68. The number of methoxy groups -OCH3 is 1. The molecule has 1 aliphatic carbocycles. The zero-order valence-electron chi connectivity index (χ0n) is 19.5. The third-order valence-corrected chi connectivity index (χ3v) is 7.71. The first kappa shape index (κ1) is 24.5. The lowest BCUT2D eigenvalue weighted by atomic mass is 9.91. The van der Waals surface area contributed by atoms with Crippen molar-refractivity contribution in [3.8, 4) is 5.75 Å². The normalized spacial score (nSPS) is 24.0. The SMILES string of the molecule is COc1ccc(C)cc1N1C(=O)CN(S(C)(=O)=O)CC1(C)C(=O)NC1CCCCCCC1. The number of aryl methyl sites for hydroxylation is 1. The zero-order valence-corrected chi connectivity index (χ0v) is 20.3. The molecule has 0 bridgehead atoms. The van der Waals surface area contributed by atoms with Crippen LogP contribution in [0.15, 0.2) is 18.2 Å². The summed E-state index contributed by atoms with van der Waals surface area (Å²) in [7, 11) is -2.15. The molecule has 8 nitrogen and oxygen atoms in total. The Kier molecular flexibility index (Phi) is 7.50. The molecule has 178 valence electrons. The molecule has 1 unspecified atom stereocenters. The standard InChI is InChI=1S/C23H35N3O5S/c1-17-12-13-20(31-3)19(14-17)26-21(27)15-25(32(4,29)30)16-23(26,2)22(28)24-18-10-8-6-5-7-9-11-18/h12-14,18H,5-11,15-16H2,1-4H3,(H,24,28). The number of hydrogen-bond acceptors (Lipinski definition) is 5. The van der Waals surface area contributed by atoms with Crippen molar-refractivity contribution in [1.82, 2.24) is 9.62 Å². The number of sulfonamides is 1. The van der Waals surface area contributed by atoms with Gasteiger partial charge in [-0.1, -0.05) is 38.2 Å². The molecule has 32 heavy (non-hydrogen) atoms. The maximum Gasteiger partial charge on any atom is 0.247 e. The van der Waals surface area contributed by atoms with Crippen LogP contribution in [-0.4, -0.2) is 62.6 Å². The highest BCUT2D eigenvalue weighted by atomic mass is 32.2. The van der Waals surface area contributed by atoms with Crippen LogP contribution < -0.4 is 15.0 Å². The van der Waals surface area contributed by atoms with E-state index in [0.29, 0.717) is 11.4 Å². The number of ether oxygens (including phenoxy) is 1. The first-order chi connectivity index (χ1) is 15.1. The van der Waals surface area contributed by atoms with Gasteiger partial charge in [-0.3, -0.25) is 14.5 Å². The summed E-state index contributed by atoms with van der Waals surface area (Å²) in [6.07, 6.45) is 8.45. The largest absolute Gasteiger partial charge is 0.495 e. The molecule has 1 aromatic carbocycles. The smallest absolute Gasteiger partial charge is 0.247 e. The Bertz CT molecular complexity index is 956. The molecule has 1 saturated heterocycles. The molecule has 2 aliphatic rings. The lowest BCUT2D eigenvalue weighted by Crippen LogP contribution is -2.70. The van der Waals surface area contributed by atoms with Gasteiger partial charge in [0, 0.05) is 12.6 Å². The van der Waals surface area contributed by atoms with Crippen LogP contribution in [0, 0.1) is 6.92 Å². The number of carbonyl (C=O) groups excluding carboxylic acids is 2. The van der Waals surface area contributed by atoms with Crippen LogP contribution in [0.25, 0.3) is 0 Å². The number of benzene rings is 1. The molecule has 1 aromatic rings. The molecule has 1 N–H and O–H groups in total. The molecule has 3 rings (SSSR count). The van der Waals surface area contributed by atoms with E-state index >= 15 is 0 Å². The number of amides is 2. The number of carbonyl (C=O) groups is 2. The van der Waals surface area contributed by atoms with Gasteiger partial charge < -0.3 is 10.1 Å². The van der Waals surface area contributed by atoms with Crippen LogP contribution >= 0.6 is 0 Å². The van der Waals surface area contributed by atoms with E-state index < -0.39 is 21.5 Å². The molecule has 0 spiro atoms. The highest BCUT2D eigenvalue weighted by Gasteiger charge is 2.51. The van der Waals surface area contributed by atoms with E-state index in [1.165, 1.54) is 18.4 Å². The Morgan fingerprint density at radius 3 is 2.38 bits per heavy atom. The van der Waals surface area contributed by atoms with Gasteiger partial charge >= 0.3 is 0 Å². The van der Waals surface area contributed by atoms with Crippen LogP contribution in [-0.2, 0) is 19.6 Å². The third-order valence-electron chi connectivity index (χ3n) is 6.51. The minimum atomic E-state index is -3.66. The first-order valence-corrected chi connectivity index (χ1v) is 13.1. The molecular formula is C23H35N3O5S. The van der Waals surface area contributed by atoms with Gasteiger partial charge in [0.05, 0.1) is 25.6 Å². The van der Waals surface area contributed by atoms with Crippen molar-refractivity contribution in [2.45, 2.75) is 70.4 Å². The van der Waals surface area contributed by atoms with E-state index in [1.807, 2.05) is 13.0 Å². The number of hydrogen-bond donors (Lipinski definition) is 1. The second kappa shape index (κ2) is 9.79. The molecular weight excluding hydrogens is 430 g/mol. The Labute approximate surface area is 191 Å². The highest BCUT2D eigenvalue weighted by molar-refractivity contribution is 7.88. The second-order valence-corrected chi connectivity index (χ2v) is 11.2. The first-order valence-electron chi connectivity index (χ1n) is 11.3. The fourth-order valence-electron chi connectivity index (χ4n) is 4.69. The topological polar surface area (TPSA) is 96.0 Å². The van der Waals surface area contributed by atoms with Crippen molar-refractivity contribution < 1.29 is 22.7 Å². The summed E-state index contributed by atoms with van der Waals surface area (Å²) < 4.78 is 31.3. The summed E-state index contributed by atoms with van der Waals surface area (Å²) in [6.45, 7) is 3.10. The van der Waals surface area contributed by atoms with Crippen molar-refractivity contribution in [3.05, 3.63) is 23.8 Å². The van der Waals surface area contributed by atoms with Crippen LogP contribution in [0.2, 0.25) is 0 Å². The lowest BCUT2D eigenvalue weighted by molar-refractivity contribution is -0.133. The molecule has 2 fully saturated rings. The summed E-state index contributed by atoms with van der Waals surface area (Å²) in [6, 6.07) is 5.44. The molecule has 1 aliphatic heterocycles. The fourth-order valence-corrected chi connectivity index (χ4v) is 5.52. The van der Waals surface area contributed by atoms with Crippen molar-refractivity contribution in [2.24, 2.45) is 0 Å². The summed E-state index contributed by atoms with van der Waals surface area (Å²) >= 11 is 0. The predicted octanol–water partition coefficient (Wildman–Crippen LogP) is 2.60. The van der Waals surface area contributed by atoms with Gasteiger partial charge in [0.25, 0.3) is 0 Å². The molecule has 1 saturated carbocycles. The summed E-state index contributed by atoms with van der Waals surface area (Å²) in [5.41, 5.74) is -0.0372. The van der Waals surface area contributed by atoms with E-state index in [4.69, 9.17) is 4.74 Å². The summed E-state index contributed by atoms with van der Waals surface area (Å²) in [4.78, 5) is 28.5. The maximum absolute atomic E-state index is 13.7. The number of nitrogens with zero attached hydrogens (tertiary/aromatic N) is 2. The Hall–Kier alpha value is -2.13. The minimum Gasteiger partial charge on any atom is -0.495 e. The van der Waals surface area contributed by atoms with Gasteiger partial charge in [-0.15, -0.1) is 0 Å². The molecule has 9 heteroatoms. The van der Waals surface area contributed by atoms with Crippen molar-refractivity contribution >= 4 is 27.5 Å². The highest BCUT2D eigenvalue weighted by Crippen LogP contribution is 2.37. The van der Waals surface area contributed by atoms with Crippen LogP contribution in [0.3, 0.4) is 0 Å². The van der Waals surface area contributed by atoms with Crippen LogP contribution in [0.5, 0.6) is 5.75 Å². The molecule has 1 heterocycles. The zero-order chi connectivity index (χ0) is 23.5. The minimum absolute atomic E-state index is 0.0181. The molecule has 0 radical (unpaired) electrons. The van der Waals surface area contributed by atoms with Crippen molar-refractivity contribution in [2.75, 3.05) is 31.4 Å². The number of rotatable bonds is 5. The van der Waals surface area contributed by atoms with Gasteiger partial charge in [-0.2, -0.15) is 4.31 Å². The number of piperazine rings is 1. The Morgan fingerprint density at radius 2 is 1.78 bits per heavy atom. The van der Waals surface area contributed by atoms with E-state index in [9.17, 15) is 18.0 Å². The fraction of sp³-hybridized carbons (Fsp3) is 0.652. The van der Waals surface area contributed by atoms with Gasteiger partial charge in [0.15, 0.2) is 0 Å². The van der Waals surface area contributed by atoms with E-state index in [2.05, 4.69) is 5.32 Å².